The fraction of sp³-hybridized carbons (Fsp3) is 0.263. The number of hydrogen-bond donors (Lipinski definition) is 0. The second-order valence-corrected chi connectivity index (χ2v) is 4.58. The van der Waals surface area contributed by atoms with Gasteiger partial charge in [-0.3, -0.25) is 9.59 Å². The molecule has 0 aliphatic rings. The van der Waals surface area contributed by atoms with E-state index in [1.165, 1.54) is 12.1 Å². The predicted molar refractivity (Wildman–Crippen MR) is 93.2 cm³/mol. The van der Waals surface area contributed by atoms with E-state index in [-0.39, 0.29) is 18.3 Å². The van der Waals surface area contributed by atoms with Gasteiger partial charge >= 0.3 is 5.97 Å². The van der Waals surface area contributed by atoms with E-state index in [0.717, 1.165) is 6.29 Å². The van der Waals surface area contributed by atoms with Crippen molar-refractivity contribution in [3.63, 3.8) is 0 Å². The normalized spacial score (nSPS) is 9.50. The molecule has 0 amide bonds. The zero-order valence-electron chi connectivity index (χ0n) is 14.2. The van der Waals surface area contributed by atoms with E-state index < -0.39 is 0 Å². The molecule has 0 bridgehead atoms. The van der Waals surface area contributed by atoms with Crippen molar-refractivity contribution in [3.05, 3.63) is 59.9 Å². The van der Waals surface area contributed by atoms with Crippen LogP contribution in [0.25, 0.3) is 0 Å². The van der Waals surface area contributed by atoms with Gasteiger partial charge in [-0.05, 0) is 55.5 Å². The Morgan fingerprint density at radius 1 is 1.04 bits per heavy atom. The number of rotatable bonds is 6. The molecule has 0 unspecified atom stereocenters. The summed E-state index contributed by atoms with van der Waals surface area (Å²) < 4.78 is 18.1. The molecule has 0 N–H and O–H groups in total. The van der Waals surface area contributed by atoms with Crippen LogP contribution in [-0.2, 0) is 9.53 Å². The summed E-state index contributed by atoms with van der Waals surface area (Å²) in [6.07, 6.45) is 0.747. The molecule has 0 spiro atoms. The Morgan fingerprint density at radius 3 is 2.00 bits per heavy atom. The van der Waals surface area contributed by atoms with Crippen LogP contribution in [0.15, 0.2) is 48.5 Å². The largest absolute Gasteiger partial charge is 0.465 e. The number of carbonyl (C=O) groups is 2. The number of anilines is 2. The van der Waals surface area contributed by atoms with E-state index in [9.17, 15) is 14.0 Å². The van der Waals surface area contributed by atoms with Gasteiger partial charge in [0.25, 0.3) is 0 Å². The first-order valence-electron chi connectivity index (χ1n) is 7.88. The summed E-state index contributed by atoms with van der Waals surface area (Å²) in [6.45, 7) is 6.03. The zero-order valence-corrected chi connectivity index (χ0v) is 14.2. The van der Waals surface area contributed by atoms with Crippen molar-refractivity contribution < 1.29 is 18.7 Å². The second-order valence-electron chi connectivity index (χ2n) is 4.58. The molecular formula is C19H22FNO3. The maximum Gasteiger partial charge on any atom is 0.325 e. The Hall–Kier alpha value is -2.69. The zero-order chi connectivity index (χ0) is 17.9. The molecule has 128 valence electrons. The van der Waals surface area contributed by atoms with Crippen molar-refractivity contribution in [2.24, 2.45) is 0 Å². The molecule has 5 heteroatoms. The Balaban J connectivity index is 0.00000139. The smallest absolute Gasteiger partial charge is 0.325 e. The molecule has 0 aliphatic heterocycles. The molecule has 2 aromatic rings. The number of aldehydes is 1. The third-order valence-corrected chi connectivity index (χ3v) is 3.07. The van der Waals surface area contributed by atoms with Crippen LogP contribution in [0.5, 0.6) is 0 Å². The van der Waals surface area contributed by atoms with Crippen LogP contribution < -0.4 is 4.90 Å². The van der Waals surface area contributed by atoms with Crippen molar-refractivity contribution >= 4 is 23.6 Å². The number of nitrogens with zero attached hydrogens (tertiary/aromatic N) is 1. The molecule has 24 heavy (non-hydrogen) atoms. The van der Waals surface area contributed by atoms with Crippen LogP contribution in [0.2, 0.25) is 0 Å². The maximum atomic E-state index is 13.1. The topological polar surface area (TPSA) is 46.6 Å². The molecule has 0 heterocycles. The average molecular weight is 331 g/mol. The number of benzene rings is 2. The lowest BCUT2D eigenvalue weighted by atomic mass is 10.2. The first-order valence-corrected chi connectivity index (χ1v) is 7.88. The highest BCUT2D eigenvalue weighted by Crippen LogP contribution is 2.25. The molecule has 4 nitrogen and oxygen atoms in total. The number of halogens is 1. The van der Waals surface area contributed by atoms with Crippen LogP contribution in [0.3, 0.4) is 0 Å². The quantitative estimate of drug-likeness (QED) is 0.583. The summed E-state index contributed by atoms with van der Waals surface area (Å²) in [5.74, 6) is -0.734. The monoisotopic (exact) mass is 331 g/mol. The lowest BCUT2D eigenvalue weighted by molar-refractivity contribution is -0.141. The summed E-state index contributed by atoms with van der Waals surface area (Å²) in [6, 6.07) is 12.6. The molecule has 0 fully saturated rings. The highest BCUT2D eigenvalue weighted by molar-refractivity contribution is 5.81. The molecular weight excluding hydrogens is 309 g/mol. The predicted octanol–water partition coefficient (Wildman–Crippen LogP) is 4.37. The molecule has 0 radical (unpaired) electrons. The van der Waals surface area contributed by atoms with Crippen LogP contribution in [-0.4, -0.2) is 25.4 Å². The summed E-state index contributed by atoms with van der Waals surface area (Å²) in [4.78, 5) is 24.2. The first kappa shape index (κ1) is 19.4. The third kappa shape index (κ3) is 5.50. The van der Waals surface area contributed by atoms with Gasteiger partial charge < -0.3 is 9.64 Å². The van der Waals surface area contributed by atoms with Gasteiger partial charge in [-0.2, -0.15) is 0 Å². The van der Waals surface area contributed by atoms with Crippen LogP contribution in [0.1, 0.15) is 31.1 Å². The van der Waals surface area contributed by atoms with Gasteiger partial charge in [-0.15, -0.1) is 0 Å². The Kier molecular flexibility index (Phi) is 8.19. The second kappa shape index (κ2) is 10.2. The number of carbonyl (C=O) groups excluding carboxylic acids is 2. The molecule has 0 aromatic heterocycles. The minimum atomic E-state index is -0.383. The Bertz CT molecular complexity index is 639. The van der Waals surface area contributed by atoms with Crippen molar-refractivity contribution in [2.45, 2.75) is 20.8 Å². The van der Waals surface area contributed by atoms with Crippen molar-refractivity contribution in [1.82, 2.24) is 0 Å². The van der Waals surface area contributed by atoms with Crippen molar-refractivity contribution in [1.29, 1.82) is 0 Å². The average Bonchev–Trinajstić information content (AvgIpc) is 2.63. The van der Waals surface area contributed by atoms with Gasteiger partial charge in [0.2, 0.25) is 0 Å². The molecule has 2 aromatic carbocycles. The number of hydrogen-bond acceptors (Lipinski definition) is 4. The van der Waals surface area contributed by atoms with Crippen molar-refractivity contribution in [2.75, 3.05) is 18.1 Å². The van der Waals surface area contributed by atoms with E-state index >= 15 is 0 Å². The Labute approximate surface area is 141 Å². The molecule has 0 aliphatic carbocycles. The number of ether oxygens (including phenoxy) is 1. The van der Waals surface area contributed by atoms with E-state index in [4.69, 9.17) is 4.74 Å². The van der Waals surface area contributed by atoms with Gasteiger partial charge in [0, 0.05) is 16.9 Å². The summed E-state index contributed by atoms with van der Waals surface area (Å²) in [5, 5.41) is 0. The van der Waals surface area contributed by atoms with Gasteiger partial charge in [-0.25, -0.2) is 4.39 Å². The van der Waals surface area contributed by atoms with Gasteiger partial charge in [0.05, 0.1) is 6.61 Å². The molecule has 0 atom stereocenters. The minimum Gasteiger partial charge on any atom is -0.465 e. The standard InChI is InChI=1S/C17H16FNO3.C2H6/c1-2-22-17(21)11-19(16-9-5-14(18)6-10-16)15-7-3-13(12-20)4-8-15;1-2/h3-10,12H,2,11H2,1H3;1-2H3. The summed E-state index contributed by atoms with van der Waals surface area (Å²) in [7, 11) is 0. The highest BCUT2D eigenvalue weighted by atomic mass is 19.1. The van der Waals surface area contributed by atoms with Gasteiger partial charge in [0.15, 0.2) is 0 Å². The van der Waals surface area contributed by atoms with Gasteiger partial charge in [0.1, 0.15) is 18.6 Å². The SMILES string of the molecule is CC.CCOC(=O)CN(c1ccc(F)cc1)c1ccc(C=O)cc1. The molecule has 2 rings (SSSR count). The maximum absolute atomic E-state index is 13.1. The van der Waals surface area contributed by atoms with Crippen LogP contribution >= 0.6 is 0 Å². The molecule has 0 saturated heterocycles. The van der Waals surface area contributed by atoms with Crippen molar-refractivity contribution in [3.8, 4) is 0 Å². The van der Waals surface area contributed by atoms with Gasteiger partial charge in [-0.1, -0.05) is 13.8 Å². The van der Waals surface area contributed by atoms with E-state index in [1.54, 1.807) is 48.2 Å². The first-order chi connectivity index (χ1) is 11.6. The lowest BCUT2D eigenvalue weighted by Crippen LogP contribution is -2.26. The van der Waals surface area contributed by atoms with Crippen LogP contribution in [0.4, 0.5) is 15.8 Å². The lowest BCUT2D eigenvalue weighted by Gasteiger charge is -2.24. The number of esters is 1. The fourth-order valence-corrected chi connectivity index (χ4v) is 2.02. The minimum absolute atomic E-state index is 0.0000909. The Morgan fingerprint density at radius 2 is 1.54 bits per heavy atom. The van der Waals surface area contributed by atoms with E-state index in [1.807, 2.05) is 13.8 Å². The summed E-state index contributed by atoms with van der Waals surface area (Å²) in [5.41, 5.74) is 1.91. The van der Waals surface area contributed by atoms with E-state index in [2.05, 4.69) is 0 Å². The van der Waals surface area contributed by atoms with E-state index in [0.29, 0.717) is 23.5 Å². The van der Waals surface area contributed by atoms with Crippen LogP contribution in [0, 0.1) is 5.82 Å². The summed E-state index contributed by atoms with van der Waals surface area (Å²) >= 11 is 0. The molecule has 0 saturated carbocycles. The fourth-order valence-electron chi connectivity index (χ4n) is 2.02. The third-order valence-electron chi connectivity index (χ3n) is 3.07. The highest BCUT2D eigenvalue weighted by Gasteiger charge is 2.14.